The van der Waals surface area contributed by atoms with Gasteiger partial charge in [0.05, 0.1) is 12.0 Å². The highest BCUT2D eigenvalue weighted by Crippen LogP contribution is 2.65. The third-order valence-electron chi connectivity index (χ3n) is 5.85. The maximum atomic E-state index is 12.8. The fourth-order valence-corrected chi connectivity index (χ4v) is 5.74. The van der Waals surface area contributed by atoms with Gasteiger partial charge in [-0.1, -0.05) is 6.92 Å². The quantitative estimate of drug-likeness (QED) is 0.707. The molecule has 0 heterocycles. The molecule has 4 rings (SSSR count). The molecule has 4 nitrogen and oxygen atoms in total. The zero-order valence-electron chi connectivity index (χ0n) is 13.3. The Hall–Kier alpha value is -0.610. The van der Waals surface area contributed by atoms with Crippen LogP contribution in [-0.4, -0.2) is 32.2 Å². The maximum absolute atomic E-state index is 12.8. The van der Waals surface area contributed by atoms with Crippen LogP contribution < -0.4 is 11.1 Å². The van der Waals surface area contributed by atoms with Crippen LogP contribution in [0.4, 0.5) is 0 Å². The Kier molecular flexibility index (Phi) is 4.28. The summed E-state index contributed by atoms with van der Waals surface area (Å²) in [5.74, 6) is 1.92. The van der Waals surface area contributed by atoms with E-state index in [4.69, 9.17) is 10.5 Å². The van der Waals surface area contributed by atoms with E-state index in [0.717, 1.165) is 44.1 Å². The van der Waals surface area contributed by atoms with Crippen molar-refractivity contribution in [1.82, 2.24) is 5.32 Å². The second-order valence-corrected chi connectivity index (χ2v) is 8.06. The van der Waals surface area contributed by atoms with Gasteiger partial charge in [-0.05, 0) is 62.2 Å². The summed E-state index contributed by atoms with van der Waals surface area (Å²) < 4.78 is 5.35. The zero-order chi connectivity index (χ0) is 14.9. The van der Waals surface area contributed by atoms with Crippen LogP contribution in [0.3, 0.4) is 0 Å². The number of nitrogens with one attached hydrogen (secondary N) is 1. The molecule has 4 fully saturated rings. The van der Waals surface area contributed by atoms with Gasteiger partial charge in [0.25, 0.3) is 0 Å². The minimum atomic E-state index is -0.0447. The SMILES string of the molecule is CC12CC3CC(C1)CC(C(=O)NCCCOCCN)(C3)C2. The lowest BCUT2D eigenvalue weighted by Crippen LogP contribution is -2.56. The summed E-state index contributed by atoms with van der Waals surface area (Å²) in [6.07, 6.45) is 8.34. The van der Waals surface area contributed by atoms with Gasteiger partial charge in [-0.3, -0.25) is 4.79 Å². The summed E-state index contributed by atoms with van der Waals surface area (Å²) >= 11 is 0. The first kappa shape index (κ1) is 15.3. The molecule has 4 bridgehead atoms. The number of ether oxygens (including phenoxy) is 1. The van der Waals surface area contributed by atoms with E-state index in [1.165, 1.54) is 19.3 Å². The fourth-order valence-electron chi connectivity index (χ4n) is 5.74. The molecule has 0 aromatic carbocycles. The molecule has 0 radical (unpaired) electrons. The molecule has 120 valence electrons. The van der Waals surface area contributed by atoms with Gasteiger partial charge in [-0.2, -0.15) is 0 Å². The van der Waals surface area contributed by atoms with Crippen molar-refractivity contribution in [3.8, 4) is 0 Å². The molecule has 4 aliphatic rings. The van der Waals surface area contributed by atoms with Crippen LogP contribution in [-0.2, 0) is 9.53 Å². The number of nitrogens with two attached hydrogens (primary N) is 1. The third kappa shape index (κ3) is 3.11. The molecule has 4 saturated carbocycles. The van der Waals surface area contributed by atoms with Crippen LogP contribution in [0, 0.1) is 22.7 Å². The molecular weight excluding hydrogens is 264 g/mol. The van der Waals surface area contributed by atoms with Crippen LogP contribution in [0.25, 0.3) is 0 Å². The largest absolute Gasteiger partial charge is 0.380 e. The molecule has 0 aromatic rings. The van der Waals surface area contributed by atoms with E-state index in [9.17, 15) is 4.79 Å². The monoisotopic (exact) mass is 294 g/mol. The van der Waals surface area contributed by atoms with Crippen LogP contribution in [0.15, 0.2) is 0 Å². The average Bonchev–Trinajstić information content (AvgIpc) is 2.39. The first-order valence-corrected chi connectivity index (χ1v) is 8.61. The van der Waals surface area contributed by atoms with Crippen LogP contribution >= 0.6 is 0 Å². The van der Waals surface area contributed by atoms with Crippen LogP contribution in [0.2, 0.25) is 0 Å². The van der Waals surface area contributed by atoms with Gasteiger partial charge >= 0.3 is 0 Å². The Bertz CT molecular complexity index is 382. The molecule has 0 aromatic heterocycles. The number of rotatable bonds is 7. The van der Waals surface area contributed by atoms with Gasteiger partial charge in [0.2, 0.25) is 5.91 Å². The molecule has 21 heavy (non-hydrogen) atoms. The second kappa shape index (κ2) is 5.88. The summed E-state index contributed by atoms with van der Waals surface area (Å²) in [5.41, 5.74) is 5.77. The molecule has 4 heteroatoms. The van der Waals surface area contributed by atoms with Gasteiger partial charge in [0.1, 0.15) is 0 Å². The van der Waals surface area contributed by atoms with E-state index >= 15 is 0 Å². The first-order chi connectivity index (χ1) is 10.1. The Morgan fingerprint density at radius 2 is 1.95 bits per heavy atom. The van der Waals surface area contributed by atoms with Crippen LogP contribution in [0.5, 0.6) is 0 Å². The van der Waals surface area contributed by atoms with Crippen LogP contribution in [0.1, 0.15) is 51.9 Å². The van der Waals surface area contributed by atoms with Crippen molar-refractivity contribution in [2.75, 3.05) is 26.3 Å². The molecule has 0 saturated heterocycles. The van der Waals surface area contributed by atoms with Crippen molar-refractivity contribution < 1.29 is 9.53 Å². The molecule has 1 amide bonds. The molecule has 2 unspecified atom stereocenters. The predicted molar refractivity (Wildman–Crippen MR) is 82.7 cm³/mol. The highest BCUT2D eigenvalue weighted by atomic mass is 16.5. The van der Waals surface area contributed by atoms with E-state index < -0.39 is 0 Å². The van der Waals surface area contributed by atoms with E-state index in [0.29, 0.717) is 31.1 Å². The normalized spacial score (nSPS) is 40.5. The standard InChI is InChI=1S/C17H30N2O2/c1-16-8-13-7-14(9-16)11-17(10-13,12-16)15(20)19-4-2-5-21-6-3-18/h13-14H,2-12,18H2,1H3,(H,19,20). The van der Waals surface area contributed by atoms with Crippen molar-refractivity contribution >= 4 is 5.91 Å². The van der Waals surface area contributed by atoms with Gasteiger partial charge in [0.15, 0.2) is 0 Å². The minimum absolute atomic E-state index is 0.0447. The molecule has 0 aliphatic heterocycles. The van der Waals surface area contributed by atoms with E-state index in [2.05, 4.69) is 12.2 Å². The van der Waals surface area contributed by atoms with Gasteiger partial charge < -0.3 is 15.8 Å². The summed E-state index contributed by atoms with van der Waals surface area (Å²) in [7, 11) is 0. The van der Waals surface area contributed by atoms with Gasteiger partial charge in [-0.15, -0.1) is 0 Å². The molecule has 0 spiro atoms. The second-order valence-electron chi connectivity index (χ2n) is 8.06. The van der Waals surface area contributed by atoms with Gasteiger partial charge in [-0.25, -0.2) is 0 Å². The van der Waals surface area contributed by atoms with E-state index in [1.807, 2.05) is 0 Å². The summed E-state index contributed by atoms with van der Waals surface area (Å²) in [6, 6.07) is 0. The number of hydrogen-bond acceptors (Lipinski definition) is 3. The highest BCUT2D eigenvalue weighted by Gasteiger charge is 2.58. The van der Waals surface area contributed by atoms with Crippen molar-refractivity contribution in [2.24, 2.45) is 28.4 Å². The fraction of sp³-hybridized carbons (Fsp3) is 0.941. The summed E-state index contributed by atoms with van der Waals surface area (Å²) in [5, 5.41) is 3.18. The van der Waals surface area contributed by atoms with E-state index in [1.54, 1.807) is 0 Å². The molecule has 4 aliphatic carbocycles. The van der Waals surface area contributed by atoms with Crippen molar-refractivity contribution in [2.45, 2.75) is 51.9 Å². The number of carbonyl (C=O) groups excluding carboxylic acids is 1. The molecular formula is C17H30N2O2. The summed E-state index contributed by atoms with van der Waals surface area (Å²) in [4.78, 5) is 12.8. The first-order valence-electron chi connectivity index (χ1n) is 8.61. The minimum Gasteiger partial charge on any atom is -0.380 e. The van der Waals surface area contributed by atoms with E-state index in [-0.39, 0.29) is 5.41 Å². The maximum Gasteiger partial charge on any atom is 0.226 e. The zero-order valence-corrected chi connectivity index (χ0v) is 13.3. The number of amides is 1. The summed E-state index contributed by atoms with van der Waals surface area (Å²) in [6.45, 7) is 5.01. The lowest BCUT2D eigenvalue weighted by atomic mass is 9.44. The predicted octanol–water partition coefficient (Wildman–Crippen LogP) is 2.07. The van der Waals surface area contributed by atoms with Crippen molar-refractivity contribution in [3.63, 3.8) is 0 Å². The lowest BCUT2D eigenvalue weighted by molar-refractivity contribution is -0.155. The molecule has 2 atom stereocenters. The van der Waals surface area contributed by atoms with Gasteiger partial charge in [0, 0.05) is 19.7 Å². The van der Waals surface area contributed by atoms with Crippen molar-refractivity contribution in [1.29, 1.82) is 0 Å². The van der Waals surface area contributed by atoms with Crippen molar-refractivity contribution in [3.05, 3.63) is 0 Å². The smallest absolute Gasteiger partial charge is 0.226 e. The Morgan fingerprint density at radius 1 is 1.24 bits per heavy atom. The number of carbonyl (C=O) groups is 1. The molecule has 3 N–H and O–H groups in total. The number of hydrogen-bond donors (Lipinski definition) is 2. The Labute approximate surface area is 128 Å². The average molecular weight is 294 g/mol. The Balaban J connectivity index is 1.50. The highest BCUT2D eigenvalue weighted by molar-refractivity contribution is 5.83. The Morgan fingerprint density at radius 3 is 2.57 bits per heavy atom. The topological polar surface area (TPSA) is 64.3 Å². The lowest BCUT2D eigenvalue weighted by Gasteiger charge is -2.60. The third-order valence-corrected chi connectivity index (χ3v) is 5.85.